The normalized spacial score (nSPS) is 27.3. The molecule has 138 valence electrons. The fourth-order valence-corrected chi connectivity index (χ4v) is 4.10. The van der Waals surface area contributed by atoms with Gasteiger partial charge in [0.05, 0.1) is 24.4 Å². The molecule has 26 heavy (non-hydrogen) atoms. The average Bonchev–Trinajstić information content (AvgIpc) is 3.23. The first-order valence-electron chi connectivity index (χ1n) is 9.20. The lowest BCUT2D eigenvalue weighted by molar-refractivity contribution is -0.127. The van der Waals surface area contributed by atoms with Crippen LogP contribution in [0.1, 0.15) is 26.0 Å². The van der Waals surface area contributed by atoms with Gasteiger partial charge in [-0.3, -0.25) is 19.7 Å². The van der Waals surface area contributed by atoms with E-state index in [2.05, 4.69) is 28.9 Å². The largest absolute Gasteiger partial charge is 0.373 e. The van der Waals surface area contributed by atoms with Crippen LogP contribution in [-0.2, 0) is 9.53 Å². The molecule has 7 nitrogen and oxygen atoms in total. The molecular formula is C19H25N5O2. The Morgan fingerprint density at radius 1 is 1.23 bits per heavy atom. The summed E-state index contributed by atoms with van der Waals surface area (Å²) in [5.41, 5.74) is 2.93. The molecule has 2 aromatic rings. The highest BCUT2D eigenvalue weighted by molar-refractivity contribution is 5.98. The van der Waals surface area contributed by atoms with Gasteiger partial charge in [0.2, 0.25) is 5.91 Å². The van der Waals surface area contributed by atoms with Crippen LogP contribution in [0.15, 0.2) is 24.5 Å². The number of aryl methyl sites for hydroxylation is 1. The number of aromatic amines is 1. The van der Waals surface area contributed by atoms with Crippen LogP contribution in [0.25, 0.3) is 11.1 Å². The minimum Gasteiger partial charge on any atom is -0.373 e. The van der Waals surface area contributed by atoms with Crippen molar-refractivity contribution in [2.24, 2.45) is 0 Å². The van der Waals surface area contributed by atoms with E-state index in [1.54, 1.807) is 6.20 Å². The maximum absolute atomic E-state index is 13.0. The van der Waals surface area contributed by atoms with Gasteiger partial charge in [-0.15, -0.1) is 0 Å². The number of pyridine rings is 1. The zero-order valence-electron chi connectivity index (χ0n) is 15.5. The maximum atomic E-state index is 13.0. The van der Waals surface area contributed by atoms with E-state index in [0.29, 0.717) is 6.54 Å². The highest BCUT2D eigenvalue weighted by Gasteiger charge is 2.39. The SMILES string of the molecule is Cc1nc(N2CCC(N3CC(C)OC(C)C3)C2=O)ccc1-c1cn[nH]c1. The fraction of sp³-hybridized carbons (Fsp3) is 0.526. The Bertz CT molecular complexity index is 781. The number of carbonyl (C=O) groups excluding carboxylic acids is 1. The lowest BCUT2D eigenvalue weighted by Gasteiger charge is -2.38. The van der Waals surface area contributed by atoms with Crippen molar-refractivity contribution in [1.82, 2.24) is 20.1 Å². The van der Waals surface area contributed by atoms with Gasteiger partial charge in [-0.25, -0.2) is 4.98 Å². The number of aromatic nitrogens is 3. The topological polar surface area (TPSA) is 74.3 Å². The summed E-state index contributed by atoms with van der Waals surface area (Å²) in [5, 5.41) is 6.82. The van der Waals surface area contributed by atoms with Gasteiger partial charge in [0.25, 0.3) is 0 Å². The van der Waals surface area contributed by atoms with E-state index in [1.807, 2.05) is 30.2 Å². The highest BCUT2D eigenvalue weighted by atomic mass is 16.5. The van der Waals surface area contributed by atoms with E-state index in [4.69, 9.17) is 9.72 Å². The Morgan fingerprint density at radius 2 is 2.00 bits per heavy atom. The Morgan fingerprint density at radius 3 is 2.65 bits per heavy atom. The second-order valence-electron chi connectivity index (χ2n) is 7.29. The van der Waals surface area contributed by atoms with E-state index < -0.39 is 0 Å². The molecule has 2 fully saturated rings. The first-order chi connectivity index (χ1) is 12.5. The number of carbonyl (C=O) groups is 1. The predicted octanol–water partition coefficient (Wildman–Crippen LogP) is 1.99. The number of nitrogens with one attached hydrogen (secondary N) is 1. The molecule has 1 amide bonds. The molecule has 0 spiro atoms. The van der Waals surface area contributed by atoms with Gasteiger partial charge in [0.1, 0.15) is 5.82 Å². The van der Waals surface area contributed by atoms with Crippen molar-refractivity contribution >= 4 is 11.7 Å². The molecule has 2 saturated heterocycles. The van der Waals surface area contributed by atoms with Gasteiger partial charge in [-0.2, -0.15) is 5.10 Å². The van der Waals surface area contributed by atoms with Crippen LogP contribution in [0.2, 0.25) is 0 Å². The van der Waals surface area contributed by atoms with Crippen LogP contribution in [-0.4, -0.2) is 63.9 Å². The molecule has 3 atom stereocenters. The lowest BCUT2D eigenvalue weighted by atomic mass is 10.1. The maximum Gasteiger partial charge on any atom is 0.245 e. The van der Waals surface area contributed by atoms with E-state index in [-0.39, 0.29) is 24.2 Å². The zero-order valence-corrected chi connectivity index (χ0v) is 15.5. The van der Waals surface area contributed by atoms with E-state index in [1.165, 1.54) is 0 Å². The monoisotopic (exact) mass is 355 g/mol. The lowest BCUT2D eigenvalue weighted by Crippen LogP contribution is -2.52. The molecule has 0 aromatic carbocycles. The summed E-state index contributed by atoms with van der Waals surface area (Å²) >= 11 is 0. The number of morpholine rings is 1. The first-order valence-corrected chi connectivity index (χ1v) is 9.20. The van der Waals surface area contributed by atoms with Gasteiger partial charge in [0.15, 0.2) is 0 Å². The number of hydrogen-bond acceptors (Lipinski definition) is 5. The molecule has 4 heterocycles. The van der Waals surface area contributed by atoms with E-state index >= 15 is 0 Å². The van der Waals surface area contributed by atoms with Crippen LogP contribution in [0, 0.1) is 6.92 Å². The van der Waals surface area contributed by atoms with Crippen molar-refractivity contribution in [2.45, 2.75) is 45.4 Å². The smallest absolute Gasteiger partial charge is 0.245 e. The average molecular weight is 355 g/mol. The van der Waals surface area contributed by atoms with E-state index in [9.17, 15) is 4.79 Å². The van der Waals surface area contributed by atoms with Gasteiger partial charge in [-0.05, 0) is 39.3 Å². The quantitative estimate of drug-likeness (QED) is 0.911. The van der Waals surface area contributed by atoms with Crippen LogP contribution in [0.5, 0.6) is 0 Å². The Labute approximate surface area is 153 Å². The number of anilines is 1. The number of hydrogen-bond donors (Lipinski definition) is 1. The van der Waals surface area contributed by atoms with Crippen molar-refractivity contribution in [3.63, 3.8) is 0 Å². The summed E-state index contributed by atoms with van der Waals surface area (Å²) in [7, 11) is 0. The van der Waals surface area contributed by atoms with Crippen molar-refractivity contribution < 1.29 is 9.53 Å². The number of ether oxygens (including phenoxy) is 1. The first kappa shape index (κ1) is 17.2. The molecule has 2 aliphatic heterocycles. The van der Waals surface area contributed by atoms with Gasteiger partial charge in [0, 0.05) is 42.7 Å². The van der Waals surface area contributed by atoms with Crippen molar-refractivity contribution in [2.75, 3.05) is 24.5 Å². The highest BCUT2D eigenvalue weighted by Crippen LogP contribution is 2.28. The number of nitrogens with zero attached hydrogens (tertiary/aromatic N) is 4. The third kappa shape index (κ3) is 3.12. The van der Waals surface area contributed by atoms with Crippen LogP contribution < -0.4 is 4.90 Å². The minimum atomic E-state index is -0.0699. The molecule has 0 aliphatic carbocycles. The van der Waals surface area contributed by atoms with Crippen LogP contribution in [0.4, 0.5) is 5.82 Å². The summed E-state index contributed by atoms with van der Waals surface area (Å²) in [6.45, 7) is 8.43. The molecule has 4 rings (SSSR count). The summed E-state index contributed by atoms with van der Waals surface area (Å²) in [6, 6.07) is 3.88. The predicted molar refractivity (Wildman–Crippen MR) is 98.9 cm³/mol. The van der Waals surface area contributed by atoms with Crippen LogP contribution in [0.3, 0.4) is 0 Å². The third-order valence-corrected chi connectivity index (χ3v) is 5.22. The molecule has 0 bridgehead atoms. The third-order valence-electron chi connectivity index (χ3n) is 5.22. The molecule has 2 aromatic heterocycles. The Hall–Kier alpha value is -2.25. The van der Waals surface area contributed by atoms with Gasteiger partial charge < -0.3 is 4.74 Å². The molecule has 1 N–H and O–H groups in total. The zero-order chi connectivity index (χ0) is 18.3. The molecular weight excluding hydrogens is 330 g/mol. The minimum absolute atomic E-state index is 0.0699. The summed E-state index contributed by atoms with van der Waals surface area (Å²) < 4.78 is 5.80. The second-order valence-corrected chi connectivity index (χ2v) is 7.29. The molecule has 0 radical (unpaired) electrons. The fourth-order valence-electron chi connectivity index (χ4n) is 4.10. The Balaban J connectivity index is 1.52. The molecule has 0 saturated carbocycles. The Kier molecular flexibility index (Phi) is 4.50. The summed E-state index contributed by atoms with van der Waals surface area (Å²) in [6.07, 6.45) is 4.79. The molecule has 2 aliphatic rings. The van der Waals surface area contributed by atoms with E-state index in [0.717, 1.165) is 42.1 Å². The van der Waals surface area contributed by atoms with Gasteiger partial charge >= 0.3 is 0 Å². The number of amides is 1. The molecule has 3 unspecified atom stereocenters. The van der Waals surface area contributed by atoms with Crippen LogP contribution >= 0.6 is 0 Å². The number of H-pyrrole nitrogens is 1. The summed E-state index contributed by atoms with van der Waals surface area (Å²) in [4.78, 5) is 21.8. The standard InChI is InChI=1S/C19H25N5O2/c1-12-10-23(11-13(2)26-12)17-6-7-24(19(17)25)18-5-4-16(14(3)22-18)15-8-20-21-9-15/h4-5,8-9,12-13,17H,6-7,10-11H2,1-3H3,(H,20,21). The molecule has 7 heteroatoms. The van der Waals surface area contributed by atoms with Gasteiger partial charge in [-0.1, -0.05) is 0 Å². The summed E-state index contributed by atoms with van der Waals surface area (Å²) in [5.74, 6) is 0.880. The van der Waals surface area contributed by atoms with Crippen molar-refractivity contribution in [1.29, 1.82) is 0 Å². The van der Waals surface area contributed by atoms with Crippen molar-refractivity contribution in [3.8, 4) is 11.1 Å². The number of rotatable bonds is 3. The second kappa shape index (κ2) is 6.81. The van der Waals surface area contributed by atoms with Crippen molar-refractivity contribution in [3.05, 3.63) is 30.2 Å².